The number of anilines is 1. The number of aryl methyl sites for hydroxylation is 1. The van der Waals surface area contributed by atoms with Gasteiger partial charge in [0, 0.05) is 42.4 Å². The number of nitro groups is 1. The van der Waals surface area contributed by atoms with Gasteiger partial charge >= 0.3 is 0 Å². The molecule has 0 amide bonds. The van der Waals surface area contributed by atoms with Gasteiger partial charge in [-0.3, -0.25) is 14.8 Å². The van der Waals surface area contributed by atoms with E-state index in [0.29, 0.717) is 16.7 Å². The molecule has 7 heteroatoms. The molecule has 0 bridgehead atoms. The van der Waals surface area contributed by atoms with Crippen LogP contribution in [0.3, 0.4) is 0 Å². The topological polar surface area (TPSA) is 73.0 Å². The average molecular weight is 325 g/mol. The summed E-state index contributed by atoms with van der Waals surface area (Å²) in [5.41, 5.74) is 1.67. The van der Waals surface area contributed by atoms with Gasteiger partial charge in [-0.15, -0.1) is 0 Å². The molecule has 0 aliphatic carbocycles. The van der Waals surface area contributed by atoms with Gasteiger partial charge in [-0.2, -0.15) is 5.10 Å². The fourth-order valence-electron chi connectivity index (χ4n) is 1.78. The second-order valence-corrected chi connectivity index (χ2v) is 4.96. The van der Waals surface area contributed by atoms with Crippen LogP contribution in [0, 0.1) is 10.1 Å². The molecule has 1 heterocycles. The summed E-state index contributed by atoms with van der Waals surface area (Å²) in [5.74, 6) is 0. The SMILES string of the molecule is Cn1nccc1CCNc1ccc(Br)cc1[N+](=O)[O-]. The monoisotopic (exact) mass is 324 g/mol. The second-order valence-electron chi connectivity index (χ2n) is 4.04. The first kappa shape index (κ1) is 13.5. The molecule has 100 valence electrons. The van der Waals surface area contributed by atoms with Crippen LogP contribution in [0.4, 0.5) is 11.4 Å². The van der Waals surface area contributed by atoms with Crippen molar-refractivity contribution in [2.24, 2.45) is 7.05 Å². The minimum atomic E-state index is -0.392. The quantitative estimate of drug-likeness (QED) is 0.678. The minimum absolute atomic E-state index is 0.0689. The average Bonchev–Trinajstić information content (AvgIpc) is 2.77. The summed E-state index contributed by atoms with van der Waals surface area (Å²) in [4.78, 5) is 10.6. The highest BCUT2D eigenvalue weighted by Gasteiger charge is 2.13. The van der Waals surface area contributed by atoms with E-state index in [2.05, 4.69) is 26.3 Å². The van der Waals surface area contributed by atoms with E-state index in [1.54, 1.807) is 23.0 Å². The van der Waals surface area contributed by atoms with Gasteiger partial charge in [0.25, 0.3) is 5.69 Å². The molecule has 0 spiro atoms. The Hall–Kier alpha value is -1.89. The number of aromatic nitrogens is 2. The van der Waals surface area contributed by atoms with Crippen molar-refractivity contribution in [1.29, 1.82) is 0 Å². The van der Waals surface area contributed by atoms with Crippen molar-refractivity contribution in [2.45, 2.75) is 6.42 Å². The zero-order valence-electron chi connectivity index (χ0n) is 10.3. The summed E-state index contributed by atoms with van der Waals surface area (Å²) in [6.07, 6.45) is 2.49. The third-order valence-corrected chi connectivity index (χ3v) is 3.27. The maximum atomic E-state index is 11.0. The first-order chi connectivity index (χ1) is 9.08. The van der Waals surface area contributed by atoms with Crippen LogP contribution < -0.4 is 5.32 Å². The molecule has 0 fully saturated rings. The number of hydrogen-bond acceptors (Lipinski definition) is 4. The lowest BCUT2D eigenvalue weighted by Crippen LogP contribution is -2.09. The van der Waals surface area contributed by atoms with Gasteiger partial charge in [-0.1, -0.05) is 15.9 Å². The number of nitro benzene ring substituents is 1. The summed E-state index contributed by atoms with van der Waals surface area (Å²) in [6, 6.07) is 6.90. The molecule has 1 aromatic carbocycles. The number of nitrogens with one attached hydrogen (secondary N) is 1. The Morgan fingerprint density at radius 1 is 1.47 bits per heavy atom. The van der Waals surface area contributed by atoms with Crippen LogP contribution in [0.15, 0.2) is 34.9 Å². The van der Waals surface area contributed by atoms with E-state index in [1.807, 2.05) is 13.1 Å². The van der Waals surface area contributed by atoms with Crippen LogP contribution in [0.5, 0.6) is 0 Å². The smallest absolute Gasteiger partial charge is 0.293 e. The normalized spacial score (nSPS) is 10.4. The maximum absolute atomic E-state index is 11.0. The van der Waals surface area contributed by atoms with Gasteiger partial charge in [0.05, 0.1) is 4.92 Å². The van der Waals surface area contributed by atoms with E-state index in [9.17, 15) is 10.1 Å². The van der Waals surface area contributed by atoms with Crippen LogP contribution in [0.1, 0.15) is 5.69 Å². The predicted octanol–water partition coefficient (Wildman–Crippen LogP) is 2.75. The molecule has 19 heavy (non-hydrogen) atoms. The standard InChI is InChI=1S/C12H13BrN4O2/c1-16-10(5-7-15-16)4-6-14-11-3-2-9(13)8-12(11)17(18)19/h2-3,5,7-8,14H,4,6H2,1H3. The lowest BCUT2D eigenvalue weighted by Gasteiger charge is -2.07. The molecule has 1 N–H and O–H groups in total. The van der Waals surface area contributed by atoms with Crippen molar-refractivity contribution in [3.05, 3.63) is 50.7 Å². The summed E-state index contributed by atoms with van der Waals surface area (Å²) in [7, 11) is 1.87. The van der Waals surface area contributed by atoms with E-state index < -0.39 is 4.92 Å². The van der Waals surface area contributed by atoms with Gasteiger partial charge in [0.1, 0.15) is 5.69 Å². The molecule has 0 atom stereocenters. The molecule has 0 radical (unpaired) electrons. The Kier molecular flexibility index (Phi) is 4.16. The molecule has 1 aromatic heterocycles. The highest BCUT2D eigenvalue weighted by molar-refractivity contribution is 9.10. The molecular formula is C12H13BrN4O2. The summed E-state index contributed by atoms with van der Waals surface area (Å²) in [5, 5.41) is 18.1. The molecule has 0 saturated heterocycles. The number of hydrogen-bond donors (Lipinski definition) is 1. The predicted molar refractivity (Wildman–Crippen MR) is 76.2 cm³/mol. The third-order valence-electron chi connectivity index (χ3n) is 2.78. The van der Waals surface area contributed by atoms with Crippen LogP contribution in [-0.4, -0.2) is 21.2 Å². The van der Waals surface area contributed by atoms with E-state index >= 15 is 0 Å². The highest BCUT2D eigenvalue weighted by Crippen LogP contribution is 2.27. The lowest BCUT2D eigenvalue weighted by molar-refractivity contribution is -0.384. The van der Waals surface area contributed by atoms with Gasteiger partial charge in [-0.25, -0.2) is 0 Å². The largest absolute Gasteiger partial charge is 0.379 e. The van der Waals surface area contributed by atoms with Gasteiger partial charge in [-0.05, 0) is 18.2 Å². The molecule has 2 aromatic rings. The van der Waals surface area contributed by atoms with E-state index in [0.717, 1.165) is 12.1 Å². The Labute approximate surface area is 118 Å². The second kappa shape index (κ2) is 5.83. The molecule has 2 rings (SSSR count). The van der Waals surface area contributed by atoms with Crippen LogP contribution >= 0.6 is 15.9 Å². The van der Waals surface area contributed by atoms with Gasteiger partial charge in [0.15, 0.2) is 0 Å². The summed E-state index contributed by atoms with van der Waals surface area (Å²) in [6.45, 7) is 0.613. The van der Waals surface area contributed by atoms with Crippen molar-refractivity contribution in [2.75, 3.05) is 11.9 Å². The van der Waals surface area contributed by atoms with Crippen molar-refractivity contribution in [3.63, 3.8) is 0 Å². The molecule has 0 aliphatic rings. The summed E-state index contributed by atoms with van der Waals surface area (Å²) < 4.78 is 2.48. The van der Waals surface area contributed by atoms with E-state index in [1.165, 1.54) is 6.07 Å². The zero-order chi connectivity index (χ0) is 13.8. The molecule has 0 unspecified atom stereocenters. The van der Waals surface area contributed by atoms with Crippen molar-refractivity contribution < 1.29 is 4.92 Å². The van der Waals surface area contributed by atoms with Crippen molar-refractivity contribution in [1.82, 2.24) is 9.78 Å². The molecular weight excluding hydrogens is 312 g/mol. The van der Waals surface area contributed by atoms with Crippen molar-refractivity contribution in [3.8, 4) is 0 Å². The van der Waals surface area contributed by atoms with Gasteiger partial charge in [0.2, 0.25) is 0 Å². The first-order valence-corrected chi connectivity index (χ1v) is 6.52. The molecule has 6 nitrogen and oxygen atoms in total. The number of benzene rings is 1. The minimum Gasteiger partial charge on any atom is -0.379 e. The number of nitrogens with zero attached hydrogens (tertiary/aromatic N) is 3. The van der Waals surface area contributed by atoms with Crippen molar-refractivity contribution >= 4 is 27.3 Å². The maximum Gasteiger partial charge on any atom is 0.293 e. The third kappa shape index (κ3) is 3.31. The highest BCUT2D eigenvalue weighted by atomic mass is 79.9. The zero-order valence-corrected chi connectivity index (χ0v) is 11.9. The van der Waals surface area contributed by atoms with E-state index in [-0.39, 0.29) is 5.69 Å². The fourth-order valence-corrected chi connectivity index (χ4v) is 2.13. The number of halogens is 1. The lowest BCUT2D eigenvalue weighted by atomic mass is 10.2. The van der Waals surface area contributed by atoms with Crippen LogP contribution in [0.2, 0.25) is 0 Å². The van der Waals surface area contributed by atoms with Gasteiger partial charge < -0.3 is 5.32 Å². The van der Waals surface area contributed by atoms with Crippen LogP contribution in [0.25, 0.3) is 0 Å². The Bertz CT molecular complexity index is 597. The Morgan fingerprint density at radius 3 is 2.89 bits per heavy atom. The summed E-state index contributed by atoms with van der Waals surface area (Å²) >= 11 is 3.23. The Balaban J connectivity index is 2.03. The molecule has 0 aliphatic heterocycles. The van der Waals surface area contributed by atoms with E-state index in [4.69, 9.17) is 0 Å². The first-order valence-electron chi connectivity index (χ1n) is 5.72. The fraction of sp³-hybridized carbons (Fsp3) is 0.250. The molecule has 0 saturated carbocycles. The van der Waals surface area contributed by atoms with Crippen LogP contribution in [-0.2, 0) is 13.5 Å². The number of rotatable bonds is 5. The Morgan fingerprint density at radius 2 is 2.26 bits per heavy atom.